The molecule has 0 spiro atoms. The molecular weight excluding hydrogens is 429 g/mol. The van der Waals surface area contributed by atoms with Crippen molar-refractivity contribution in [1.82, 2.24) is 4.90 Å². The number of benzene rings is 2. The fourth-order valence-electron chi connectivity index (χ4n) is 4.16. The number of ether oxygens (including phenoxy) is 3. The summed E-state index contributed by atoms with van der Waals surface area (Å²) in [6.07, 6.45) is -4.26. The quantitative estimate of drug-likeness (QED) is 0.652. The van der Waals surface area contributed by atoms with Crippen molar-refractivity contribution >= 4 is 17.5 Å². The van der Waals surface area contributed by atoms with Crippen molar-refractivity contribution < 1.29 is 37.0 Å². The molecule has 2 aromatic rings. The van der Waals surface area contributed by atoms with E-state index < -0.39 is 30.0 Å². The van der Waals surface area contributed by atoms with Crippen LogP contribution in [0.25, 0.3) is 0 Å². The molecular formula is C22H21F3N2O5. The first-order chi connectivity index (χ1) is 15.2. The van der Waals surface area contributed by atoms with Crippen LogP contribution >= 0.6 is 0 Å². The molecule has 0 saturated carbocycles. The highest BCUT2D eigenvalue weighted by Gasteiger charge is 2.43. The van der Waals surface area contributed by atoms with Gasteiger partial charge in [0.25, 0.3) is 5.91 Å². The minimum atomic E-state index is -4.87. The Bertz CT molecular complexity index is 1060. The van der Waals surface area contributed by atoms with Gasteiger partial charge < -0.3 is 14.2 Å². The Morgan fingerprint density at radius 2 is 1.69 bits per heavy atom. The smallest absolute Gasteiger partial charge is 0.493 e. The molecule has 32 heavy (non-hydrogen) atoms. The Hall–Kier alpha value is -3.27. The van der Waals surface area contributed by atoms with Gasteiger partial charge in [0.05, 0.1) is 32.4 Å². The summed E-state index contributed by atoms with van der Waals surface area (Å²) in [4.78, 5) is 28.6. The molecule has 10 heteroatoms. The molecule has 0 radical (unpaired) electrons. The number of alkyl halides is 3. The molecule has 2 aliphatic rings. The molecule has 0 aliphatic carbocycles. The molecule has 0 bridgehead atoms. The van der Waals surface area contributed by atoms with Crippen molar-refractivity contribution in [2.45, 2.75) is 31.8 Å². The van der Waals surface area contributed by atoms with E-state index in [1.807, 2.05) is 17.0 Å². The Kier molecular flexibility index (Phi) is 5.72. The predicted molar refractivity (Wildman–Crippen MR) is 108 cm³/mol. The number of rotatable bonds is 5. The number of nitrogens with zero attached hydrogens (tertiary/aromatic N) is 2. The van der Waals surface area contributed by atoms with Gasteiger partial charge in [-0.15, -0.1) is 13.2 Å². The fourth-order valence-corrected chi connectivity index (χ4v) is 4.16. The Labute approximate surface area is 182 Å². The Balaban J connectivity index is 1.55. The molecule has 2 heterocycles. The van der Waals surface area contributed by atoms with Gasteiger partial charge in [0.1, 0.15) is 5.75 Å². The molecule has 1 atom stereocenters. The highest BCUT2D eigenvalue weighted by atomic mass is 19.4. The monoisotopic (exact) mass is 450 g/mol. The van der Waals surface area contributed by atoms with Gasteiger partial charge in [-0.3, -0.25) is 14.5 Å². The lowest BCUT2D eigenvalue weighted by molar-refractivity contribution is -0.274. The second-order valence-electron chi connectivity index (χ2n) is 7.53. The van der Waals surface area contributed by atoms with Crippen LogP contribution in [0.2, 0.25) is 0 Å². The normalized spacial score (nSPS) is 19.2. The molecule has 4 rings (SSSR count). The van der Waals surface area contributed by atoms with E-state index >= 15 is 0 Å². The van der Waals surface area contributed by atoms with Crippen LogP contribution < -0.4 is 19.1 Å². The van der Waals surface area contributed by atoms with Crippen LogP contribution in [-0.2, 0) is 22.6 Å². The van der Waals surface area contributed by atoms with E-state index in [9.17, 15) is 22.8 Å². The van der Waals surface area contributed by atoms with E-state index in [1.165, 1.54) is 12.1 Å². The number of fused-ring (bicyclic) bond motifs is 1. The van der Waals surface area contributed by atoms with E-state index in [0.717, 1.165) is 28.2 Å². The van der Waals surface area contributed by atoms with E-state index in [-0.39, 0.29) is 12.1 Å². The van der Waals surface area contributed by atoms with Crippen LogP contribution in [0, 0.1) is 0 Å². The van der Waals surface area contributed by atoms with Crippen LogP contribution in [0.1, 0.15) is 17.5 Å². The van der Waals surface area contributed by atoms with Crippen LogP contribution in [-0.4, -0.2) is 49.9 Å². The molecule has 2 aliphatic heterocycles. The van der Waals surface area contributed by atoms with Gasteiger partial charge in [-0.25, -0.2) is 4.90 Å². The van der Waals surface area contributed by atoms with Crippen LogP contribution in [0.5, 0.6) is 17.2 Å². The van der Waals surface area contributed by atoms with Crippen molar-refractivity contribution in [2.75, 3.05) is 25.7 Å². The summed E-state index contributed by atoms with van der Waals surface area (Å²) in [6.45, 7) is 0.988. The number of anilines is 1. The summed E-state index contributed by atoms with van der Waals surface area (Å²) in [7, 11) is 3.10. The molecule has 0 aromatic heterocycles. The van der Waals surface area contributed by atoms with Crippen LogP contribution in [0.15, 0.2) is 36.4 Å². The highest BCUT2D eigenvalue weighted by Crippen LogP contribution is 2.36. The van der Waals surface area contributed by atoms with E-state index in [0.29, 0.717) is 31.0 Å². The standard InChI is InChI=1S/C22H21F3N2O5/c1-30-18-8-13-6-7-26(12-14(13)9-19(18)31-2)17-11-20(28)27(21(17)29)15-4-3-5-16(10-15)32-22(23,24)25/h3-5,8-10,17H,6-7,11-12H2,1-2H3/t17-/m1/s1. The molecule has 7 nitrogen and oxygen atoms in total. The summed E-state index contributed by atoms with van der Waals surface area (Å²) in [5.74, 6) is -0.235. The number of amides is 2. The zero-order valence-corrected chi connectivity index (χ0v) is 17.4. The number of halogens is 3. The third-order valence-corrected chi connectivity index (χ3v) is 5.62. The lowest BCUT2D eigenvalue weighted by Gasteiger charge is -2.32. The second-order valence-corrected chi connectivity index (χ2v) is 7.53. The third-order valence-electron chi connectivity index (χ3n) is 5.62. The van der Waals surface area contributed by atoms with Gasteiger partial charge in [0.2, 0.25) is 5.91 Å². The highest BCUT2D eigenvalue weighted by molar-refractivity contribution is 6.22. The Morgan fingerprint density at radius 3 is 2.34 bits per heavy atom. The fraction of sp³-hybridized carbons (Fsp3) is 0.364. The SMILES string of the molecule is COc1cc2c(cc1OC)CN([C@@H]1CC(=O)N(c3cccc(OC(F)(F)F)c3)C1=O)CC2. The van der Waals surface area contributed by atoms with E-state index in [2.05, 4.69) is 4.74 Å². The molecule has 2 amide bonds. The lowest BCUT2D eigenvalue weighted by Crippen LogP contribution is -2.44. The summed E-state index contributed by atoms with van der Waals surface area (Å²) in [5.41, 5.74) is 2.09. The van der Waals surface area contributed by atoms with Gasteiger partial charge in [0.15, 0.2) is 11.5 Å². The minimum Gasteiger partial charge on any atom is -0.493 e. The molecule has 1 fully saturated rings. The lowest BCUT2D eigenvalue weighted by atomic mass is 9.97. The summed E-state index contributed by atoms with van der Waals surface area (Å²) in [5, 5.41) is 0. The number of hydrogen-bond acceptors (Lipinski definition) is 6. The molecule has 0 N–H and O–H groups in total. The molecule has 0 unspecified atom stereocenters. The maximum atomic E-state index is 13.1. The van der Waals surface area contributed by atoms with Crippen molar-refractivity contribution in [3.05, 3.63) is 47.5 Å². The van der Waals surface area contributed by atoms with Gasteiger partial charge in [0, 0.05) is 19.2 Å². The first-order valence-corrected chi connectivity index (χ1v) is 9.90. The van der Waals surface area contributed by atoms with E-state index in [1.54, 1.807) is 14.2 Å². The summed E-state index contributed by atoms with van der Waals surface area (Å²) < 4.78 is 52.2. The molecule has 1 saturated heterocycles. The Morgan fingerprint density at radius 1 is 1.00 bits per heavy atom. The average molecular weight is 450 g/mol. The maximum absolute atomic E-state index is 13.1. The van der Waals surface area contributed by atoms with Gasteiger partial charge in [-0.05, 0) is 41.8 Å². The number of methoxy groups -OCH3 is 2. The summed E-state index contributed by atoms with van der Waals surface area (Å²) >= 11 is 0. The maximum Gasteiger partial charge on any atom is 0.573 e. The van der Waals surface area contributed by atoms with Crippen molar-refractivity contribution in [3.63, 3.8) is 0 Å². The zero-order chi connectivity index (χ0) is 23.0. The molecule has 170 valence electrons. The van der Waals surface area contributed by atoms with Crippen molar-refractivity contribution in [3.8, 4) is 17.2 Å². The molecule has 2 aromatic carbocycles. The largest absolute Gasteiger partial charge is 0.573 e. The predicted octanol–water partition coefficient (Wildman–Crippen LogP) is 3.29. The second kappa shape index (κ2) is 8.34. The number of imide groups is 1. The van der Waals surface area contributed by atoms with Crippen molar-refractivity contribution in [2.24, 2.45) is 0 Å². The summed E-state index contributed by atoms with van der Waals surface area (Å²) in [6, 6.07) is 7.93. The number of carbonyl (C=O) groups excluding carboxylic acids is 2. The first-order valence-electron chi connectivity index (χ1n) is 9.90. The van der Waals surface area contributed by atoms with Gasteiger partial charge in [-0.2, -0.15) is 0 Å². The third kappa shape index (κ3) is 4.22. The minimum absolute atomic E-state index is 0.0491. The van der Waals surface area contributed by atoms with Crippen LogP contribution in [0.3, 0.4) is 0 Å². The number of hydrogen-bond donors (Lipinski definition) is 0. The zero-order valence-electron chi connectivity index (χ0n) is 17.4. The van der Waals surface area contributed by atoms with E-state index in [4.69, 9.17) is 9.47 Å². The van der Waals surface area contributed by atoms with Crippen LogP contribution in [0.4, 0.5) is 18.9 Å². The first kappa shape index (κ1) is 21.9. The number of carbonyl (C=O) groups is 2. The van der Waals surface area contributed by atoms with Gasteiger partial charge in [-0.1, -0.05) is 6.07 Å². The average Bonchev–Trinajstić information content (AvgIpc) is 3.05. The topological polar surface area (TPSA) is 68.3 Å². The van der Waals surface area contributed by atoms with Crippen molar-refractivity contribution in [1.29, 1.82) is 0 Å². The van der Waals surface area contributed by atoms with Gasteiger partial charge >= 0.3 is 6.36 Å².